The van der Waals surface area contributed by atoms with Gasteiger partial charge in [-0.15, -0.1) is 0 Å². The van der Waals surface area contributed by atoms with Gasteiger partial charge in [0.2, 0.25) is 0 Å². The highest BCUT2D eigenvalue weighted by atomic mass is 19.4. The first-order valence-electron chi connectivity index (χ1n) is 10.0. The van der Waals surface area contributed by atoms with Crippen molar-refractivity contribution in [2.45, 2.75) is 45.7 Å². The van der Waals surface area contributed by atoms with Crippen molar-refractivity contribution in [1.82, 2.24) is 19.9 Å². The van der Waals surface area contributed by atoms with Crippen LogP contribution in [0.15, 0.2) is 11.6 Å². The second-order valence-electron chi connectivity index (χ2n) is 8.13. The number of anilines is 1. The summed E-state index contributed by atoms with van der Waals surface area (Å²) in [5.41, 5.74) is 2.60. The van der Waals surface area contributed by atoms with Crippen molar-refractivity contribution >= 4 is 23.1 Å². The molecule has 1 aliphatic carbocycles. The summed E-state index contributed by atoms with van der Waals surface area (Å²) in [7, 11) is 0. The quantitative estimate of drug-likeness (QED) is 0.703. The van der Waals surface area contributed by atoms with Gasteiger partial charge < -0.3 is 15.7 Å². The number of amides is 1. The number of carbonyl (C=O) groups is 1. The predicted octanol–water partition coefficient (Wildman–Crippen LogP) is 3.53. The van der Waals surface area contributed by atoms with Gasteiger partial charge in [-0.1, -0.05) is 0 Å². The minimum absolute atomic E-state index is 0.00852. The standard InChI is InChI=1S/C20H24F3N5O2/c1-10-7-15-26-11(2)16-17(29)14(9-24-18(16)28(15)27-10)19(30)25-8-12-3-5-13(6-4-12)20(21,22)23/h7,12-13,24,29H,3-6,8-9H2,1-2H3,(H,25,30). The number of aliphatic hydroxyl groups is 1. The van der Waals surface area contributed by atoms with Gasteiger partial charge in [-0.2, -0.15) is 22.8 Å². The van der Waals surface area contributed by atoms with Crippen LogP contribution in [-0.4, -0.2) is 44.9 Å². The SMILES string of the molecule is Cc1cc2nc(C)c3c(n2n1)NCC(C(=O)NCC1CCC(C(F)(F)F)CC1)=C3O. The second kappa shape index (κ2) is 7.48. The lowest BCUT2D eigenvalue weighted by Crippen LogP contribution is -2.36. The molecule has 162 valence electrons. The number of nitrogens with one attached hydrogen (secondary N) is 2. The van der Waals surface area contributed by atoms with E-state index in [-0.39, 0.29) is 36.6 Å². The molecule has 2 aliphatic rings. The van der Waals surface area contributed by atoms with Crippen LogP contribution < -0.4 is 10.6 Å². The fourth-order valence-electron chi connectivity index (χ4n) is 4.31. The van der Waals surface area contributed by atoms with E-state index in [2.05, 4.69) is 20.7 Å². The second-order valence-corrected chi connectivity index (χ2v) is 8.13. The van der Waals surface area contributed by atoms with Crippen molar-refractivity contribution in [1.29, 1.82) is 0 Å². The zero-order valence-electron chi connectivity index (χ0n) is 16.8. The van der Waals surface area contributed by atoms with E-state index in [9.17, 15) is 23.1 Å². The number of alkyl halides is 3. The molecular formula is C20H24F3N5O2. The Balaban J connectivity index is 1.47. The highest BCUT2D eigenvalue weighted by Gasteiger charge is 2.41. The molecule has 0 radical (unpaired) electrons. The molecule has 7 nitrogen and oxygen atoms in total. The number of aryl methyl sites for hydroxylation is 2. The van der Waals surface area contributed by atoms with Gasteiger partial charge >= 0.3 is 6.18 Å². The molecule has 0 unspecified atom stereocenters. The van der Waals surface area contributed by atoms with E-state index in [1.165, 1.54) is 0 Å². The Hall–Kier alpha value is -2.78. The van der Waals surface area contributed by atoms with Crippen LogP contribution in [0.4, 0.5) is 19.0 Å². The Labute approximate surface area is 171 Å². The first-order valence-corrected chi connectivity index (χ1v) is 10.0. The van der Waals surface area contributed by atoms with Crippen molar-refractivity contribution in [2.24, 2.45) is 11.8 Å². The highest BCUT2D eigenvalue weighted by Crippen LogP contribution is 2.39. The Bertz CT molecular complexity index is 1020. The normalized spacial score (nSPS) is 22.0. The predicted molar refractivity (Wildman–Crippen MR) is 105 cm³/mol. The van der Waals surface area contributed by atoms with Crippen molar-refractivity contribution in [3.05, 3.63) is 28.6 Å². The van der Waals surface area contributed by atoms with Gasteiger partial charge in [0.25, 0.3) is 5.91 Å². The lowest BCUT2D eigenvalue weighted by Gasteiger charge is -2.30. The topological polar surface area (TPSA) is 91.5 Å². The molecule has 4 rings (SSSR count). The Morgan fingerprint density at radius 1 is 1.30 bits per heavy atom. The number of halogens is 3. The maximum atomic E-state index is 12.8. The smallest absolute Gasteiger partial charge is 0.391 e. The number of aromatic nitrogens is 3. The molecular weight excluding hydrogens is 399 g/mol. The molecule has 1 fully saturated rings. The molecule has 1 saturated carbocycles. The molecule has 0 aromatic carbocycles. The molecule has 3 heterocycles. The molecule has 10 heteroatoms. The van der Waals surface area contributed by atoms with Crippen molar-refractivity contribution in [2.75, 3.05) is 18.4 Å². The third-order valence-electron chi connectivity index (χ3n) is 6.00. The molecule has 1 aliphatic heterocycles. The summed E-state index contributed by atoms with van der Waals surface area (Å²) in [4.78, 5) is 17.1. The van der Waals surface area contributed by atoms with Crippen LogP contribution in [-0.2, 0) is 4.79 Å². The van der Waals surface area contributed by atoms with E-state index in [0.717, 1.165) is 5.69 Å². The Kier molecular flexibility index (Phi) is 5.11. The lowest BCUT2D eigenvalue weighted by atomic mass is 9.81. The van der Waals surface area contributed by atoms with Crippen LogP contribution in [0.5, 0.6) is 0 Å². The molecule has 0 bridgehead atoms. The monoisotopic (exact) mass is 423 g/mol. The number of hydrogen-bond donors (Lipinski definition) is 3. The average Bonchev–Trinajstić information content (AvgIpc) is 3.06. The Morgan fingerprint density at radius 3 is 2.67 bits per heavy atom. The van der Waals surface area contributed by atoms with Gasteiger partial charge in [0.1, 0.15) is 11.6 Å². The third-order valence-corrected chi connectivity index (χ3v) is 6.00. The van der Waals surface area contributed by atoms with E-state index >= 15 is 0 Å². The van der Waals surface area contributed by atoms with Crippen LogP contribution >= 0.6 is 0 Å². The Morgan fingerprint density at radius 2 is 2.00 bits per heavy atom. The number of rotatable bonds is 3. The number of aliphatic hydroxyl groups excluding tert-OH is 1. The van der Waals surface area contributed by atoms with Crippen LogP contribution in [0.3, 0.4) is 0 Å². The summed E-state index contributed by atoms with van der Waals surface area (Å²) < 4.78 is 40.0. The van der Waals surface area contributed by atoms with Crippen molar-refractivity contribution in [3.63, 3.8) is 0 Å². The van der Waals surface area contributed by atoms with Gasteiger partial charge in [-0.3, -0.25) is 4.79 Å². The summed E-state index contributed by atoms with van der Waals surface area (Å²) in [6.07, 6.45) is -3.10. The van der Waals surface area contributed by atoms with Crippen LogP contribution in [0.2, 0.25) is 0 Å². The van der Waals surface area contributed by atoms with E-state index in [0.29, 0.717) is 42.1 Å². The highest BCUT2D eigenvalue weighted by molar-refractivity contribution is 6.03. The van der Waals surface area contributed by atoms with E-state index < -0.39 is 18.0 Å². The zero-order valence-corrected chi connectivity index (χ0v) is 16.8. The van der Waals surface area contributed by atoms with Crippen molar-refractivity contribution < 1.29 is 23.1 Å². The molecule has 1 amide bonds. The molecule has 0 atom stereocenters. The van der Waals surface area contributed by atoms with Gasteiger partial charge in [0.15, 0.2) is 5.65 Å². The first-order chi connectivity index (χ1) is 14.1. The average molecular weight is 423 g/mol. The maximum Gasteiger partial charge on any atom is 0.391 e. The van der Waals surface area contributed by atoms with Crippen LogP contribution in [0.25, 0.3) is 11.4 Å². The van der Waals surface area contributed by atoms with Gasteiger partial charge in [0, 0.05) is 12.6 Å². The summed E-state index contributed by atoms with van der Waals surface area (Å²) in [6.45, 7) is 4.00. The number of hydrogen-bond acceptors (Lipinski definition) is 5. The molecule has 0 spiro atoms. The summed E-state index contributed by atoms with van der Waals surface area (Å²) >= 11 is 0. The van der Waals surface area contributed by atoms with Gasteiger partial charge in [-0.25, -0.2) is 4.98 Å². The fourth-order valence-corrected chi connectivity index (χ4v) is 4.31. The third kappa shape index (κ3) is 3.70. The van der Waals surface area contributed by atoms with Crippen LogP contribution in [0, 0.1) is 25.7 Å². The molecule has 30 heavy (non-hydrogen) atoms. The number of nitrogens with zero attached hydrogens (tertiary/aromatic N) is 3. The minimum Gasteiger partial charge on any atom is -0.507 e. The van der Waals surface area contributed by atoms with Crippen LogP contribution in [0.1, 0.15) is 42.6 Å². The maximum absolute atomic E-state index is 12.8. The summed E-state index contributed by atoms with van der Waals surface area (Å²) in [5, 5.41) is 21.1. The number of carbonyl (C=O) groups excluding carboxylic acids is 1. The first kappa shape index (κ1) is 20.5. The van der Waals surface area contributed by atoms with Gasteiger partial charge in [-0.05, 0) is 45.4 Å². The molecule has 2 aromatic heterocycles. The number of fused-ring (bicyclic) bond motifs is 3. The van der Waals surface area contributed by atoms with E-state index in [1.54, 1.807) is 11.4 Å². The molecule has 0 saturated heterocycles. The van der Waals surface area contributed by atoms with Crippen molar-refractivity contribution in [3.8, 4) is 0 Å². The molecule has 3 N–H and O–H groups in total. The largest absolute Gasteiger partial charge is 0.507 e. The van der Waals surface area contributed by atoms with E-state index in [4.69, 9.17) is 0 Å². The lowest BCUT2D eigenvalue weighted by molar-refractivity contribution is -0.183. The van der Waals surface area contributed by atoms with Gasteiger partial charge in [0.05, 0.1) is 35.0 Å². The fraction of sp³-hybridized carbons (Fsp3) is 0.550. The summed E-state index contributed by atoms with van der Waals surface area (Å²) in [5.74, 6) is -1.24. The summed E-state index contributed by atoms with van der Waals surface area (Å²) in [6, 6.07) is 1.82. The van der Waals surface area contributed by atoms with E-state index in [1.807, 2.05) is 13.0 Å². The zero-order chi connectivity index (χ0) is 21.6. The molecule has 2 aromatic rings. The minimum atomic E-state index is -4.14.